The average Bonchev–Trinajstić information content (AvgIpc) is 2.96. The largest absolute Gasteiger partial charge is 0.503 e. The van der Waals surface area contributed by atoms with E-state index in [1.165, 1.54) is 31.4 Å². The van der Waals surface area contributed by atoms with Crippen molar-refractivity contribution in [2.75, 3.05) is 7.11 Å². The summed E-state index contributed by atoms with van der Waals surface area (Å²) >= 11 is 12.6. The van der Waals surface area contributed by atoms with E-state index >= 15 is 0 Å². The molecule has 1 aromatic rings. The molecular formula is C22H23ClN2O4S2. The van der Waals surface area contributed by atoms with Crippen molar-refractivity contribution in [1.29, 1.82) is 0 Å². The van der Waals surface area contributed by atoms with E-state index in [2.05, 4.69) is 5.43 Å². The van der Waals surface area contributed by atoms with E-state index in [9.17, 15) is 14.7 Å². The van der Waals surface area contributed by atoms with Crippen LogP contribution in [0.2, 0.25) is 5.02 Å². The third-order valence-corrected chi connectivity index (χ3v) is 8.69. The number of aromatic hydroxyl groups is 1. The Morgan fingerprint density at radius 3 is 2.48 bits per heavy atom. The molecule has 1 aromatic carbocycles. The first kappa shape index (κ1) is 21.1. The third kappa shape index (κ3) is 3.62. The zero-order valence-electron chi connectivity index (χ0n) is 17.0. The van der Waals surface area contributed by atoms with Gasteiger partial charge in [-0.2, -0.15) is 5.01 Å². The highest BCUT2D eigenvalue weighted by Gasteiger charge is 2.55. The van der Waals surface area contributed by atoms with Gasteiger partial charge in [0.2, 0.25) is 5.91 Å². The molecule has 0 radical (unpaired) electrons. The summed E-state index contributed by atoms with van der Waals surface area (Å²) in [5, 5.41) is 11.2. The number of thioether (sulfide) groups is 1. The van der Waals surface area contributed by atoms with Gasteiger partial charge in [-0.25, -0.2) is 0 Å². The van der Waals surface area contributed by atoms with Gasteiger partial charge in [0, 0.05) is 0 Å². The van der Waals surface area contributed by atoms with Crippen LogP contribution < -0.4 is 10.2 Å². The number of nitrogens with zero attached hydrogens (tertiary/aromatic N) is 1. The molecule has 5 fully saturated rings. The maximum atomic E-state index is 13.3. The Kier molecular flexibility index (Phi) is 5.22. The molecule has 1 saturated heterocycles. The van der Waals surface area contributed by atoms with Gasteiger partial charge in [-0.15, -0.1) is 0 Å². The second-order valence-electron chi connectivity index (χ2n) is 9.21. The molecule has 0 atom stereocenters. The first-order valence-corrected chi connectivity index (χ1v) is 12.0. The van der Waals surface area contributed by atoms with E-state index in [4.69, 9.17) is 28.6 Å². The fourth-order valence-electron chi connectivity index (χ4n) is 6.16. The molecule has 2 N–H and O–H groups in total. The minimum Gasteiger partial charge on any atom is -0.503 e. The molecule has 2 amide bonds. The lowest BCUT2D eigenvalue weighted by Crippen LogP contribution is -2.57. The highest BCUT2D eigenvalue weighted by Crippen LogP contribution is 2.60. The third-order valence-electron chi connectivity index (χ3n) is 7.10. The van der Waals surface area contributed by atoms with Crippen LogP contribution in [0.5, 0.6) is 11.5 Å². The molecular weight excluding hydrogens is 456 g/mol. The summed E-state index contributed by atoms with van der Waals surface area (Å²) in [6.07, 6.45) is 8.12. The van der Waals surface area contributed by atoms with Gasteiger partial charge in [0.15, 0.2) is 15.8 Å². The van der Waals surface area contributed by atoms with Crippen LogP contribution in [0.1, 0.15) is 44.1 Å². The molecule has 31 heavy (non-hydrogen) atoms. The van der Waals surface area contributed by atoms with E-state index < -0.39 is 0 Å². The molecule has 1 heterocycles. The zero-order chi connectivity index (χ0) is 21.9. The van der Waals surface area contributed by atoms with Gasteiger partial charge in [0.1, 0.15) is 0 Å². The number of carbonyl (C=O) groups is 2. The minimum absolute atomic E-state index is 0.0708. The van der Waals surface area contributed by atoms with Crippen LogP contribution in [0.3, 0.4) is 0 Å². The Labute approximate surface area is 195 Å². The van der Waals surface area contributed by atoms with Crippen molar-refractivity contribution >= 4 is 57.8 Å². The summed E-state index contributed by atoms with van der Waals surface area (Å²) in [5.74, 6) is 1.53. The summed E-state index contributed by atoms with van der Waals surface area (Å²) in [6, 6.07) is 3.13. The molecule has 4 aliphatic carbocycles. The van der Waals surface area contributed by atoms with E-state index in [0.29, 0.717) is 32.5 Å². The molecule has 4 bridgehead atoms. The normalized spacial score (nSPS) is 32.8. The van der Waals surface area contributed by atoms with Gasteiger partial charge in [0.25, 0.3) is 5.91 Å². The number of hydrogen-bond acceptors (Lipinski definition) is 6. The van der Waals surface area contributed by atoms with Gasteiger partial charge in [-0.1, -0.05) is 23.4 Å². The van der Waals surface area contributed by atoms with E-state index in [1.54, 1.807) is 18.2 Å². The molecule has 4 saturated carbocycles. The van der Waals surface area contributed by atoms with E-state index in [1.807, 2.05) is 0 Å². The number of hydrazine groups is 1. The van der Waals surface area contributed by atoms with Crippen molar-refractivity contribution < 1.29 is 19.4 Å². The van der Waals surface area contributed by atoms with Crippen molar-refractivity contribution in [3.05, 3.63) is 27.6 Å². The Balaban J connectivity index is 1.35. The number of ether oxygens (including phenoxy) is 1. The topological polar surface area (TPSA) is 78.9 Å². The summed E-state index contributed by atoms with van der Waals surface area (Å²) in [5.41, 5.74) is 3.07. The number of phenols is 1. The van der Waals surface area contributed by atoms with Gasteiger partial charge < -0.3 is 9.84 Å². The molecule has 9 heteroatoms. The number of halogens is 1. The van der Waals surface area contributed by atoms with Crippen LogP contribution in [-0.2, 0) is 9.59 Å². The molecule has 6 rings (SSSR count). The molecule has 5 aliphatic rings. The molecule has 0 unspecified atom stereocenters. The predicted molar refractivity (Wildman–Crippen MR) is 123 cm³/mol. The predicted octanol–water partition coefficient (Wildman–Crippen LogP) is 4.50. The second-order valence-corrected chi connectivity index (χ2v) is 11.3. The number of rotatable bonds is 4. The number of carbonyl (C=O) groups excluding carboxylic acids is 2. The van der Waals surface area contributed by atoms with Crippen LogP contribution >= 0.6 is 35.6 Å². The zero-order valence-corrected chi connectivity index (χ0v) is 19.4. The number of benzene rings is 1. The number of amides is 2. The molecule has 164 valence electrons. The number of nitrogens with one attached hydrogen (secondary N) is 1. The smallest absolute Gasteiger partial charge is 0.285 e. The van der Waals surface area contributed by atoms with E-state index in [-0.39, 0.29) is 33.8 Å². The lowest BCUT2D eigenvalue weighted by Gasteiger charge is -2.55. The Bertz CT molecular complexity index is 990. The maximum Gasteiger partial charge on any atom is 0.285 e. The van der Waals surface area contributed by atoms with Crippen LogP contribution in [0.25, 0.3) is 6.08 Å². The van der Waals surface area contributed by atoms with Crippen molar-refractivity contribution in [2.45, 2.75) is 38.5 Å². The molecule has 0 aromatic heterocycles. The SMILES string of the molecule is COc1cc(/C=C2\SC(=S)N(NC(=O)C34CC5CC(CC(C5)C3)C4)C2=O)cc(Cl)c1O. The average molecular weight is 479 g/mol. The van der Waals surface area contributed by atoms with Gasteiger partial charge in [0.05, 0.1) is 22.5 Å². The Hall–Kier alpha value is -1.77. The lowest BCUT2D eigenvalue weighted by molar-refractivity contribution is -0.152. The Morgan fingerprint density at radius 1 is 1.29 bits per heavy atom. The first-order chi connectivity index (χ1) is 14.8. The second kappa shape index (κ2) is 7.67. The fraction of sp³-hybridized carbons (Fsp3) is 0.500. The molecule has 6 nitrogen and oxygen atoms in total. The van der Waals surface area contributed by atoms with Crippen LogP contribution in [0, 0.1) is 23.2 Å². The van der Waals surface area contributed by atoms with Gasteiger partial charge >= 0.3 is 0 Å². The minimum atomic E-state index is -0.365. The highest BCUT2D eigenvalue weighted by atomic mass is 35.5. The standard InChI is InChI=1S/C22H23ClN2O4S2/c1-29-16-6-11(5-15(23)18(16)26)7-17-19(27)25(21(30)31-17)24-20(28)22-8-12-2-13(9-22)4-14(3-12)10-22/h5-7,12-14,26H,2-4,8-10H2,1H3,(H,24,28)/b17-7-. The lowest BCUT2D eigenvalue weighted by atomic mass is 9.49. The van der Waals surface area contributed by atoms with Crippen LogP contribution in [0.15, 0.2) is 17.0 Å². The van der Waals surface area contributed by atoms with Crippen molar-refractivity contribution in [3.63, 3.8) is 0 Å². The monoisotopic (exact) mass is 478 g/mol. The van der Waals surface area contributed by atoms with E-state index in [0.717, 1.165) is 31.0 Å². The van der Waals surface area contributed by atoms with Crippen LogP contribution in [-0.4, -0.2) is 33.4 Å². The highest BCUT2D eigenvalue weighted by molar-refractivity contribution is 8.26. The quantitative estimate of drug-likeness (QED) is 0.490. The summed E-state index contributed by atoms with van der Waals surface area (Å²) in [4.78, 5) is 26.7. The van der Waals surface area contributed by atoms with Crippen LogP contribution in [0.4, 0.5) is 0 Å². The number of hydrogen-bond donors (Lipinski definition) is 2. The number of phenolic OH excluding ortho intramolecular Hbond substituents is 1. The summed E-state index contributed by atoms with van der Waals surface area (Å²) < 4.78 is 5.42. The summed E-state index contributed by atoms with van der Waals surface area (Å²) in [7, 11) is 1.43. The Morgan fingerprint density at radius 2 is 1.90 bits per heavy atom. The van der Waals surface area contributed by atoms with Crippen molar-refractivity contribution in [3.8, 4) is 11.5 Å². The number of methoxy groups -OCH3 is 1. The fourth-order valence-corrected chi connectivity index (χ4v) is 7.56. The summed E-state index contributed by atoms with van der Waals surface area (Å²) in [6.45, 7) is 0. The van der Waals surface area contributed by atoms with Gasteiger partial charge in [-0.05, 0) is 92.3 Å². The molecule has 1 aliphatic heterocycles. The van der Waals surface area contributed by atoms with Crippen molar-refractivity contribution in [1.82, 2.24) is 10.4 Å². The van der Waals surface area contributed by atoms with Gasteiger partial charge in [-0.3, -0.25) is 15.0 Å². The molecule has 0 spiro atoms. The number of thiocarbonyl (C=S) groups is 1. The van der Waals surface area contributed by atoms with Crippen molar-refractivity contribution in [2.24, 2.45) is 23.2 Å². The first-order valence-electron chi connectivity index (χ1n) is 10.4. The maximum absolute atomic E-state index is 13.3.